The highest BCUT2D eigenvalue weighted by atomic mass is 19.4. The van der Waals surface area contributed by atoms with Gasteiger partial charge in [-0.3, -0.25) is 4.79 Å². The summed E-state index contributed by atoms with van der Waals surface area (Å²) in [4.78, 5) is 25.0. The summed E-state index contributed by atoms with van der Waals surface area (Å²) in [5, 5.41) is 12.7. The number of nitrogens with zero attached hydrogens (tertiary/aromatic N) is 5. The number of hydrogen-bond acceptors (Lipinski definition) is 7. The van der Waals surface area contributed by atoms with Crippen LogP contribution in [0.15, 0.2) is 55.1 Å². The Labute approximate surface area is 196 Å². The van der Waals surface area contributed by atoms with E-state index < -0.39 is 23.5 Å². The van der Waals surface area contributed by atoms with Crippen LogP contribution in [0.5, 0.6) is 0 Å². The number of halogens is 4. The molecule has 1 amide bonds. The lowest BCUT2D eigenvalue weighted by Crippen LogP contribution is -2.15. The zero-order valence-electron chi connectivity index (χ0n) is 18.4. The van der Waals surface area contributed by atoms with Crippen LogP contribution >= 0.6 is 0 Å². The zero-order valence-corrected chi connectivity index (χ0v) is 18.4. The molecule has 0 saturated heterocycles. The van der Waals surface area contributed by atoms with Gasteiger partial charge in [0.15, 0.2) is 5.82 Å². The number of amides is 1. The number of hydrogen-bond donors (Lipinski definition) is 3. The quantitative estimate of drug-likeness (QED) is 0.343. The van der Waals surface area contributed by atoms with Crippen molar-refractivity contribution >= 4 is 29.0 Å². The van der Waals surface area contributed by atoms with E-state index in [9.17, 15) is 22.4 Å². The van der Waals surface area contributed by atoms with Crippen molar-refractivity contribution in [1.82, 2.24) is 24.7 Å². The molecule has 0 aliphatic rings. The molecule has 2 aromatic heterocycles. The van der Waals surface area contributed by atoms with Gasteiger partial charge in [-0.25, -0.2) is 14.4 Å². The predicted octanol–water partition coefficient (Wildman–Crippen LogP) is 4.56. The molecule has 2 aromatic carbocycles. The second-order valence-corrected chi connectivity index (χ2v) is 7.31. The van der Waals surface area contributed by atoms with Crippen LogP contribution in [0.3, 0.4) is 0 Å². The molecule has 4 aromatic rings. The Bertz CT molecular complexity index is 1390. The van der Waals surface area contributed by atoms with Crippen LogP contribution in [0, 0.1) is 12.7 Å². The highest BCUT2D eigenvalue weighted by Crippen LogP contribution is 2.32. The summed E-state index contributed by atoms with van der Waals surface area (Å²) in [5.74, 6) is -0.930. The van der Waals surface area contributed by atoms with Gasteiger partial charge >= 0.3 is 6.18 Å². The number of rotatable bonds is 6. The first-order valence-electron chi connectivity index (χ1n) is 10.1. The van der Waals surface area contributed by atoms with Crippen molar-refractivity contribution in [2.75, 3.05) is 23.0 Å². The number of aryl methyl sites for hydroxylation is 1. The molecule has 0 aliphatic heterocycles. The highest BCUT2D eigenvalue weighted by Gasteiger charge is 2.34. The van der Waals surface area contributed by atoms with Gasteiger partial charge in [0.25, 0.3) is 5.91 Å². The fraction of sp³-hybridized carbons (Fsp3) is 0.136. The van der Waals surface area contributed by atoms with Crippen LogP contribution in [-0.4, -0.2) is 37.7 Å². The SMILES string of the molecule is CNc1cc(-n2ncnc2Nc2cc(NC(=O)c3ccc(F)c(C(F)(F)F)c3)ccc2C)ncn1. The number of aromatic nitrogens is 5. The third-order valence-corrected chi connectivity index (χ3v) is 4.95. The Morgan fingerprint density at radius 3 is 2.54 bits per heavy atom. The van der Waals surface area contributed by atoms with E-state index in [1.807, 2.05) is 6.92 Å². The average molecular weight is 486 g/mol. The van der Waals surface area contributed by atoms with Gasteiger partial charge in [-0.2, -0.15) is 27.9 Å². The van der Waals surface area contributed by atoms with Gasteiger partial charge in [0.2, 0.25) is 5.95 Å². The molecule has 0 spiro atoms. The summed E-state index contributed by atoms with van der Waals surface area (Å²) < 4.78 is 54.0. The van der Waals surface area contributed by atoms with Crippen molar-refractivity contribution in [1.29, 1.82) is 0 Å². The minimum atomic E-state index is -4.92. The van der Waals surface area contributed by atoms with Crippen molar-refractivity contribution < 1.29 is 22.4 Å². The average Bonchev–Trinajstić information content (AvgIpc) is 3.29. The molecular weight excluding hydrogens is 468 g/mol. The summed E-state index contributed by atoms with van der Waals surface area (Å²) in [6.07, 6.45) is -2.22. The monoisotopic (exact) mass is 486 g/mol. The van der Waals surface area contributed by atoms with Gasteiger partial charge < -0.3 is 16.0 Å². The van der Waals surface area contributed by atoms with Gasteiger partial charge in [-0.15, -0.1) is 0 Å². The molecular formula is C22H18F4N8O. The van der Waals surface area contributed by atoms with Crippen LogP contribution in [0.1, 0.15) is 21.5 Å². The summed E-state index contributed by atoms with van der Waals surface area (Å²) in [7, 11) is 1.71. The molecule has 13 heteroatoms. The Morgan fingerprint density at radius 2 is 1.80 bits per heavy atom. The van der Waals surface area contributed by atoms with Crippen molar-refractivity contribution in [3.63, 3.8) is 0 Å². The first kappa shape index (κ1) is 23.6. The van der Waals surface area contributed by atoms with Gasteiger partial charge in [0.05, 0.1) is 5.56 Å². The van der Waals surface area contributed by atoms with Crippen molar-refractivity contribution in [3.05, 3.63) is 77.6 Å². The van der Waals surface area contributed by atoms with Crippen LogP contribution in [-0.2, 0) is 6.18 Å². The van der Waals surface area contributed by atoms with Crippen molar-refractivity contribution in [3.8, 4) is 5.82 Å². The van der Waals surface area contributed by atoms with Crippen LogP contribution < -0.4 is 16.0 Å². The van der Waals surface area contributed by atoms with E-state index in [0.717, 1.165) is 11.6 Å². The van der Waals surface area contributed by atoms with E-state index in [1.54, 1.807) is 31.3 Å². The minimum absolute atomic E-state index is 0.298. The smallest absolute Gasteiger partial charge is 0.373 e. The molecule has 35 heavy (non-hydrogen) atoms. The fourth-order valence-corrected chi connectivity index (χ4v) is 3.14. The molecule has 0 aliphatic carbocycles. The molecule has 2 heterocycles. The van der Waals surface area contributed by atoms with Gasteiger partial charge in [-0.1, -0.05) is 6.07 Å². The predicted molar refractivity (Wildman–Crippen MR) is 120 cm³/mol. The number of carbonyl (C=O) groups excluding carboxylic acids is 1. The molecule has 4 rings (SSSR count). The summed E-state index contributed by atoms with van der Waals surface area (Å²) in [6.45, 7) is 1.81. The maximum Gasteiger partial charge on any atom is 0.419 e. The summed E-state index contributed by atoms with van der Waals surface area (Å²) in [5.41, 5.74) is -0.210. The number of carbonyl (C=O) groups is 1. The number of benzene rings is 2. The Kier molecular flexibility index (Phi) is 6.32. The molecule has 180 valence electrons. The Hall–Kier alpha value is -4.55. The van der Waals surface area contributed by atoms with Crippen LogP contribution in [0.25, 0.3) is 5.82 Å². The second kappa shape index (κ2) is 9.37. The zero-order chi connectivity index (χ0) is 25.2. The maximum atomic E-state index is 13.5. The lowest BCUT2D eigenvalue weighted by molar-refractivity contribution is -0.140. The van der Waals surface area contributed by atoms with E-state index in [0.29, 0.717) is 41.1 Å². The number of anilines is 4. The Morgan fingerprint density at radius 1 is 1.00 bits per heavy atom. The first-order chi connectivity index (χ1) is 16.7. The lowest BCUT2D eigenvalue weighted by Gasteiger charge is -2.13. The highest BCUT2D eigenvalue weighted by molar-refractivity contribution is 6.04. The fourth-order valence-electron chi connectivity index (χ4n) is 3.14. The van der Waals surface area contributed by atoms with E-state index in [4.69, 9.17) is 0 Å². The summed E-state index contributed by atoms with van der Waals surface area (Å²) >= 11 is 0. The van der Waals surface area contributed by atoms with Crippen molar-refractivity contribution in [2.45, 2.75) is 13.1 Å². The topological polar surface area (TPSA) is 110 Å². The summed E-state index contributed by atoms with van der Waals surface area (Å²) in [6, 6.07) is 8.60. The van der Waals surface area contributed by atoms with E-state index in [2.05, 4.69) is 36.0 Å². The van der Waals surface area contributed by atoms with Gasteiger partial charge in [0, 0.05) is 30.1 Å². The Balaban J connectivity index is 1.57. The molecule has 9 nitrogen and oxygen atoms in total. The molecule has 3 N–H and O–H groups in total. The van der Waals surface area contributed by atoms with Crippen molar-refractivity contribution in [2.24, 2.45) is 0 Å². The van der Waals surface area contributed by atoms with Gasteiger partial charge in [-0.05, 0) is 42.8 Å². The largest absolute Gasteiger partial charge is 0.419 e. The number of nitrogens with one attached hydrogen (secondary N) is 3. The standard InChI is InChI=1S/C22H18F4N8O/c1-12-3-5-14(32-20(35)13-4-6-16(23)15(7-13)22(24,25)26)8-17(12)33-21-30-11-31-34(21)19-9-18(27-2)28-10-29-19/h3-11H,1-2H3,(H,32,35)(H,27,28,29)(H,30,31,33). The molecule has 0 fully saturated rings. The normalized spacial score (nSPS) is 11.3. The lowest BCUT2D eigenvalue weighted by atomic mass is 10.1. The number of alkyl halides is 3. The minimum Gasteiger partial charge on any atom is -0.373 e. The second-order valence-electron chi connectivity index (χ2n) is 7.31. The van der Waals surface area contributed by atoms with E-state index in [-0.39, 0.29) is 5.56 Å². The molecule has 0 atom stereocenters. The van der Waals surface area contributed by atoms with Gasteiger partial charge in [0.1, 0.15) is 24.3 Å². The van der Waals surface area contributed by atoms with Crippen LogP contribution in [0.4, 0.5) is 40.7 Å². The van der Waals surface area contributed by atoms with Crippen LogP contribution in [0.2, 0.25) is 0 Å². The maximum absolute atomic E-state index is 13.5. The van der Waals surface area contributed by atoms with E-state index in [1.165, 1.54) is 17.3 Å². The molecule has 0 unspecified atom stereocenters. The third kappa shape index (κ3) is 5.18. The molecule has 0 saturated carbocycles. The molecule has 0 bridgehead atoms. The van der Waals surface area contributed by atoms with E-state index >= 15 is 0 Å². The third-order valence-electron chi connectivity index (χ3n) is 4.95. The molecule has 0 radical (unpaired) electrons. The first-order valence-corrected chi connectivity index (χ1v) is 10.1.